The zero-order valence-corrected chi connectivity index (χ0v) is 17.8. The van der Waals surface area contributed by atoms with Crippen LogP contribution in [0.1, 0.15) is 11.1 Å². The second-order valence-corrected chi connectivity index (χ2v) is 7.72. The lowest BCUT2D eigenvalue weighted by Gasteiger charge is -2.16. The second-order valence-electron chi connectivity index (χ2n) is 6.05. The summed E-state index contributed by atoms with van der Waals surface area (Å²) in [6.07, 6.45) is 1.69. The van der Waals surface area contributed by atoms with E-state index >= 15 is 0 Å². The lowest BCUT2D eigenvalue weighted by molar-refractivity contribution is -0.142. The summed E-state index contributed by atoms with van der Waals surface area (Å²) < 4.78 is 16.0. The Hall–Kier alpha value is -2.84. The maximum Gasteiger partial charge on any atom is 0.343 e. The summed E-state index contributed by atoms with van der Waals surface area (Å²) in [6.45, 7) is 1.65. The maximum absolute atomic E-state index is 13.1. The summed E-state index contributed by atoms with van der Waals surface area (Å²) in [6, 6.07) is 12.8. The summed E-state index contributed by atoms with van der Waals surface area (Å²) in [4.78, 5) is 26.5. The fraction of sp³-hybridized carbons (Fsp3) is 0.190. The van der Waals surface area contributed by atoms with E-state index in [-0.39, 0.29) is 12.5 Å². The first-order chi connectivity index (χ1) is 14.0. The molecule has 1 aliphatic rings. The number of hydrogen-bond acceptors (Lipinski definition) is 7. The minimum absolute atomic E-state index is 0.212. The minimum atomic E-state index is -0.521. The van der Waals surface area contributed by atoms with Gasteiger partial charge in [-0.3, -0.25) is 9.69 Å². The molecule has 1 fully saturated rings. The van der Waals surface area contributed by atoms with Crippen LogP contribution in [0.5, 0.6) is 11.5 Å². The van der Waals surface area contributed by atoms with Crippen molar-refractivity contribution in [2.75, 3.05) is 25.7 Å². The van der Waals surface area contributed by atoms with Crippen LogP contribution in [0.25, 0.3) is 6.08 Å². The van der Waals surface area contributed by atoms with Crippen molar-refractivity contribution in [1.82, 2.24) is 0 Å². The molecule has 0 bridgehead atoms. The zero-order chi connectivity index (χ0) is 21.0. The van der Waals surface area contributed by atoms with Crippen molar-refractivity contribution in [2.45, 2.75) is 6.92 Å². The van der Waals surface area contributed by atoms with Gasteiger partial charge in [0.1, 0.15) is 0 Å². The topological polar surface area (TPSA) is 65.1 Å². The average Bonchev–Trinajstić information content (AvgIpc) is 3.00. The van der Waals surface area contributed by atoms with Crippen molar-refractivity contribution < 1.29 is 23.8 Å². The number of nitrogens with zero attached hydrogens (tertiary/aromatic N) is 1. The van der Waals surface area contributed by atoms with E-state index in [1.807, 2.05) is 31.2 Å². The molecular weight excluding hydrogens is 410 g/mol. The number of thioether (sulfide) groups is 1. The first-order valence-corrected chi connectivity index (χ1v) is 9.89. The smallest absolute Gasteiger partial charge is 0.343 e. The van der Waals surface area contributed by atoms with Gasteiger partial charge in [-0.1, -0.05) is 54.3 Å². The van der Waals surface area contributed by atoms with Crippen LogP contribution in [0.4, 0.5) is 5.69 Å². The van der Waals surface area contributed by atoms with Crippen LogP contribution in [0.2, 0.25) is 0 Å². The third-order valence-corrected chi connectivity index (χ3v) is 5.53. The van der Waals surface area contributed by atoms with E-state index in [1.165, 1.54) is 30.9 Å². The molecule has 2 aromatic carbocycles. The molecule has 0 aliphatic carbocycles. The van der Waals surface area contributed by atoms with E-state index in [4.69, 9.17) is 21.7 Å². The highest BCUT2D eigenvalue weighted by Crippen LogP contribution is 2.39. The molecule has 1 heterocycles. The molecule has 1 amide bonds. The number of hydrogen-bond donors (Lipinski definition) is 0. The van der Waals surface area contributed by atoms with Gasteiger partial charge in [-0.05, 0) is 30.7 Å². The van der Waals surface area contributed by atoms with E-state index < -0.39 is 5.97 Å². The highest BCUT2D eigenvalue weighted by atomic mass is 32.2. The first kappa shape index (κ1) is 20.9. The molecule has 0 saturated carbocycles. The summed E-state index contributed by atoms with van der Waals surface area (Å²) in [5, 5.41) is 0. The van der Waals surface area contributed by atoms with Crippen molar-refractivity contribution in [3.8, 4) is 11.5 Å². The number of carbonyl (C=O) groups excluding carboxylic acids is 2. The number of esters is 1. The Bertz CT molecular complexity index is 1000. The van der Waals surface area contributed by atoms with Gasteiger partial charge >= 0.3 is 5.97 Å². The van der Waals surface area contributed by atoms with E-state index in [0.717, 1.165) is 11.3 Å². The summed E-state index contributed by atoms with van der Waals surface area (Å²) in [7, 11) is 2.79. The van der Waals surface area contributed by atoms with Gasteiger partial charge in [-0.15, -0.1) is 0 Å². The molecule has 150 valence electrons. The van der Waals surface area contributed by atoms with Crippen LogP contribution in [0.3, 0.4) is 0 Å². The van der Waals surface area contributed by atoms with Crippen LogP contribution >= 0.6 is 24.0 Å². The molecule has 3 rings (SSSR count). The van der Waals surface area contributed by atoms with Gasteiger partial charge in [-0.25, -0.2) is 4.79 Å². The van der Waals surface area contributed by atoms with Gasteiger partial charge in [0.05, 0.1) is 24.8 Å². The molecule has 0 spiro atoms. The van der Waals surface area contributed by atoms with Gasteiger partial charge in [0, 0.05) is 5.56 Å². The molecule has 0 unspecified atom stereocenters. The van der Waals surface area contributed by atoms with Gasteiger partial charge in [0.15, 0.2) is 22.4 Å². The number of ether oxygens (including phenoxy) is 3. The predicted octanol–water partition coefficient (Wildman–Crippen LogP) is 3.96. The molecule has 1 aliphatic heterocycles. The number of thiocarbonyl (C=S) groups is 1. The lowest BCUT2D eigenvalue weighted by Crippen LogP contribution is -2.28. The van der Waals surface area contributed by atoms with E-state index in [2.05, 4.69) is 4.74 Å². The van der Waals surface area contributed by atoms with E-state index in [1.54, 1.807) is 24.3 Å². The SMILES string of the molecule is COC(=O)COc1c(/C=C2/SC(=S)N(c3ccccc3C)C2=O)cccc1OC. The minimum Gasteiger partial charge on any atom is -0.493 e. The highest BCUT2D eigenvalue weighted by Gasteiger charge is 2.34. The maximum atomic E-state index is 13.1. The van der Waals surface area contributed by atoms with Crippen molar-refractivity contribution >= 4 is 51.9 Å². The molecule has 6 nitrogen and oxygen atoms in total. The number of aryl methyl sites for hydroxylation is 1. The predicted molar refractivity (Wildman–Crippen MR) is 117 cm³/mol. The molecular formula is C21H19NO5S2. The first-order valence-electron chi connectivity index (χ1n) is 8.66. The van der Waals surface area contributed by atoms with Crippen molar-refractivity contribution in [3.63, 3.8) is 0 Å². The number of anilines is 1. The van der Waals surface area contributed by atoms with Gasteiger partial charge in [-0.2, -0.15) is 0 Å². The van der Waals surface area contributed by atoms with Crippen LogP contribution in [-0.2, 0) is 14.3 Å². The lowest BCUT2D eigenvalue weighted by atomic mass is 10.1. The largest absolute Gasteiger partial charge is 0.493 e. The van der Waals surface area contributed by atoms with E-state index in [0.29, 0.717) is 26.3 Å². The summed E-state index contributed by atoms with van der Waals surface area (Å²) >= 11 is 6.66. The summed E-state index contributed by atoms with van der Waals surface area (Å²) in [5.41, 5.74) is 2.30. The monoisotopic (exact) mass is 429 g/mol. The van der Waals surface area contributed by atoms with Crippen LogP contribution in [-0.4, -0.2) is 37.0 Å². The molecule has 0 radical (unpaired) electrons. The summed E-state index contributed by atoms with van der Waals surface area (Å²) in [5.74, 6) is 0.0577. The van der Waals surface area contributed by atoms with Crippen molar-refractivity contribution in [1.29, 1.82) is 0 Å². The molecule has 0 aromatic heterocycles. The molecule has 1 saturated heterocycles. The molecule has 0 N–H and O–H groups in total. The third kappa shape index (κ3) is 4.44. The normalized spacial score (nSPS) is 15.0. The Morgan fingerprint density at radius 2 is 1.93 bits per heavy atom. The Morgan fingerprint density at radius 3 is 2.62 bits per heavy atom. The van der Waals surface area contributed by atoms with Crippen molar-refractivity contribution in [3.05, 3.63) is 58.5 Å². The fourth-order valence-electron chi connectivity index (χ4n) is 2.78. The zero-order valence-electron chi connectivity index (χ0n) is 16.1. The van der Waals surface area contributed by atoms with Crippen LogP contribution in [0, 0.1) is 6.92 Å². The van der Waals surface area contributed by atoms with Gasteiger partial charge in [0.25, 0.3) is 5.91 Å². The van der Waals surface area contributed by atoms with Gasteiger partial charge < -0.3 is 14.2 Å². The number of rotatable bonds is 6. The Labute approximate surface area is 178 Å². The average molecular weight is 430 g/mol. The van der Waals surface area contributed by atoms with E-state index in [9.17, 15) is 9.59 Å². The number of benzene rings is 2. The highest BCUT2D eigenvalue weighted by molar-refractivity contribution is 8.27. The number of para-hydroxylation sites is 2. The van der Waals surface area contributed by atoms with Gasteiger partial charge in [0.2, 0.25) is 0 Å². The number of carbonyl (C=O) groups is 2. The number of amides is 1. The van der Waals surface area contributed by atoms with Crippen LogP contribution < -0.4 is 14.4 Å². The Kier molecular flexibility index (Phi) is 6.56. The third-order valence-electron chi connectivity index (χ3n) is 4.23. The standard InChI is InChI=1S/C21H19NO5S2/c1-13-7-4-5-9-15(13)22-20(24)17(29-21(22)28)11-14-8-6-10-16(25-2)19(14)27-12-18(23)26-3/h4-11H,12H2,1-3H3/b17-11+. The fourth-order valence-corrected chi connectivity index (χ4v) is 4.06. The quantitative estimate of drug-likeness (QED) is 0.391. The number of methoxy groups -OCH3 is 2. The second kappa shape index (κ2) is 9.11. The molecule has 29 heavy (non-hydrogen) atoms. The van der Waals surface area contributed by atoms with Crippen LogP contribution in [0.15, 0.2) is 47.4 Å². The Morgan fingerprint density at radius 1 is 1.17 bits per heavy atom. The van der Waals surface area contributed by atoms with Crippen molar-refractivity contribution in [2.24, 2.45) is 0 Å². The Balaban J connectivity index is 1.96. The molecule has 0 atom stereocenters. The molecule has 2 aromatic rings. The molecule has 8 heteroatoms.